The van der Waals surface area contributed by atoms with E-state index >= 15 is 0 Å². The van der Waals surface area contributed by atoms with E-state index < -0.39 is 0 Å². The van der Waals surface area contributed by atoms with Crippen molar-refractivity contribution in [3.8, 4) is 0 Å². The summed E-state index contributed by atoms with van der Waals surface area (Å²) in [4.78, 5) is 11.3. The molecule has 8 unspecified atom stereocenters. The first-order chi connectivity index (χ1) is 16.5. The minimum Gasteiger partial charge on any atom is -0.495 e. The van der Waals surface area contributed by atoms with E-state index in [1.165, 1.54) is 57.8 Å². The smallest absolute Gasteiger partial charge is 0.130 e. The Morgan fingerprint density at radius 2 is 1.83 bits per heavy atom. The van der Waals surface area contributed by atoms with Gasteiger partial charge in [0.15, 0.2) is 0 Å². The number of Topliss-reactive ketones (excluding diaryl/α,β-unsaturated/α-hetero) is 1. The van der Waals surface area contributed by atoms with Crippen LogP contribution in [0.1, 0.15) is 125 Å². The van der Waals surface area contributed by atoms with E-state index in [0.717, 1.165) is 54.1 Å². The second kappa shape index (κ2) is 10.7. The first kappa shape index (κ1) is 27.0. The summed E-state index contributed by atoms with van der Waals surface area (Å²) in [5, 5.41) is 0. The number of carbonyl (C=O) groups excluding carboxylic acids is 1. The van der Waals surface area contributed by atoms with Crippen molar-refractivity contribution in [3.63, 3.8) is 0 Å². The number of ether oxygens (including phenoxy) is 1. The first-order valence-corrected chi connectivity index (χ1v) is 15.1. The maximum absolute atomic E-state index is 11.3. The standard InChI is InChI=1S/C33H54O2/c1-22(2)9-8-10-23(3)29-15-16-30-28-14-13-26-21-27(35-25(5)12-11-24(4)34)17-19-32(26,6)31(28)18-20-33(29,30)7/h13,22-23,27-31H,5,8-12,14-21H2,1-4,6-7H3. The van der Waals surface area contributed by atoms with Crippen LogP contribution < -0.4 is 0 Å². The topological polar surface area (TPSA) is 26.3 Å². The zero-order chi connectivity index (χ0) is 25.4. The molecular weight excluding hydrogens is 428 g/mol. The molecule has 4 rings (SSSR count). The van der Waals surface area contributed by atoms with Gasteiger partial charge in [-0.2, -0.15) is 0 Å². The van der Waals surface area contributed by atoms with Gasteiger partial charge in [0.25, 0.3) is 0 Å². The highest BCUT2D eigenvalue weighted by Gasteiger charge is 2.59. The molecule has 2 nitrogen and oxygen atoms in total. The van der Waals surface area contributed by atoms with Crippen LogP contribution in [0, 0.1) is 46.3 Å². The van der Waals surface area contributed by atoms with Gasteiger partial charge in [0, 0.05) is 19.3 Å². The molecule has 0 aromatic carbocycles. The van der Waals surface area contributed by atoms with E-state index in [0.29, 0.717) is 23.7 Å². The van der Waals surface area contributed by atoms with Crippen molar-refractivity contribution in [1.82, 2.24) is 0 Å². The lowest BCUT2D eigenvalue weighted by Crippen LogP contribution is -2.51. The Morgan fingerprint density at radius 1 is 1.06 bits per heavy atom. The van der Waals surface area contributed by atoms with Crippen LogP contribution in [0.2, 0.25) is 0 Å². The SMILES string of the molecule is C=C(CCC(C)=O)OC1CCC2(C)C(=CCC3C2CCC2(C)C(C(C)CCCC(C)C)CCC32)C1. The third-order valence-electron chi connectivity index (χ3n) is 11.3. The van der Waals surface area contributed by atoms with Crippen LogP contribution in [0.4, 0.5) is 0 Å². The fourth-order valence-corrected chi connectivity index (χ4v) is 9.36. The maximum atomic E-state index is 11.3. The summed E-state index contributed by atoms with van der Waals surface area (Å²) in [5.74, 6) is 6.35. The molecule has 0 N–H and O–H groups in total. The van der Waals surface area contributed by atoms with Crippen LogP contribution in [-0.4, -0.2) is 11.9 Å². The van der Waals surface area contributed by atoms with Crippen LogP contribution in [-0.2, 0) is 9.53 Å². The number of hydrogen-bond acceptors (Lipinski definition) is 2. The van der Waals surface area contributed by atoms with Crippen LogP contribution in [0.5, 0.6) is 0 Å². The summed E-state index contributed by atoms with van der Waals surface area (Å²) in [5.41, 5.74) is 2.61. The number of fused-ring (bicyclic) bond motifs is 5. The molecule has 0 amide bonds. The zero-order valence-corrected chi connectivity index (χ0v) is 23.8. The van der Waals surface area contributed by atoms with Crippen LogP contribution >= 0.6 is 0 Å². The van der Waals surface area contributed by atoms with E-state index in [2.05, 4.69) is 47.3 Å². The molecule has 0 aromatic heterocycles. The van der Waals surface area contributed by atoms with Gasteiger partial charge in [-0.05, 0) is 98.2 Å². The van der Waals surface area contributed by atoms with E-state index in [4.69, 9.17) is 4.74 Å². The summed E-state index contributed by atoms with van der Waals surface area (Å²) in [7, 11) is 0. The highest BCUT2D eigenvalue weighted by Crippen LogP contribution is 2.67. The van der Waals surface area contributed by atoms with E-state index in [1.807, 2.05) is 0 Å². The molecule has 0 aliphatic heterocycles. The Labute approximate surface area is 216 Å². The van der Waals surface area contributed by atoms with Gasteiger partial charge >= 0.3 is 0 Å². The largest absolute Gasteiger partial charge is 0.495 e. The van der Waals surface area contributed by atoms with Gasteiger partial charge in [-0.3, -0.25) is 0 Å². The van der Waals surface area contributed by atoms with Gasteiger partial charge < -0.3 is 9.53 Å². The molecule has 35 heavy (non-hydrogen) atoms. The molecule has 0 heterocycles. The van der Waals surface area contributed by atoms with E-state index in [-0.39, 0.29) is 11.9 Å². The number of hydrogen-bond donors (Lipinski definition) is 0. The van der Waals surface area contributed by atoms with Crippen LogP contribution in [0.25, 0.3) is 0 Å². The first-order valence-electron chi connectivity index (χ1n) is 15.1. The molecule has 3 fully saturated rings. The van der Waals surface area contributed by atoms with E-state index in [9.17, 15) is 4.79 Å². The molecule has 0 spiro atoms. The van der Waals surface area contributed by atoms with Crippen molar-refractivity contribution < 1.29 is 9.53 Å². The van der Waals surface area contributed by atoms with E-state index in [1.54, 1.807) is 12.5 Å². The number of carbonyl (C=O) groups is 1. The van der Waals surface area contributed by atoms with Crippen molar-refractivity contribution >= 4 is 5.78 Å². The molecule has 0 bridgehead atoms. The molecule has 0 radical (unpaired) electrons. The molecule has 4 aliphatic carbocycles. The molecular formula is C33H54O2. The molecule has 198 valence electrons. The lowest BCUT2D eigenvalue weighted by atomic mass is 9.47. The Bertz CT molecular complexity index is 808. The van der Waals surface area contributed by atoms with Gasteiger partial charge in [0.2, 0.25) is 0 Å². The fourth-order valence-electron chi connectivity index (χ4n) is 9.36. The Kier molecular flexibility index (Phi) is 8.29. The fraction of sp³-hybridized carbons (Fsp3) is 0.848. The van der Waals surface area contributed by atoms with Gasteiger partial charge in [-0.15, -0.1) is 0 Å². The number of ketones is 1. The Balaban J connectivity index is 1.40. The quantitative estimate of drug-likeness (QED) is 0.229. The lowest BCUT2D eigenvalue weighted by Gasteiger charge is -2.58. The molecule has 4 aliphatic rings. The van der Waals surface area contributed by atoms with Crippen molar-refractivity contribution in [3.05, 3.63) is 24.0 Å². The Morgan fingerprint density at radius 3 is 2.54 bits per heavy atom. The number of allylic oxidation sites excluding steroid dienone is 2. The van der Waals surface area contributed by atoms with Crippen molar-refractivity contribution in [2.24, 2.45) is 46.3 Å². The average Bonchev–Trinajstić information content (AvgIpc) is 3.15. The Hall–Kier alpha value is -1.05. The van der Waals surface area contributed by atoms with Crippen molar-refractivity contribution in [1.29, 1.82) is 0 Å². The summed E-state index contributed by atoms with van der Waals surface area (Å²) in [6.45, 7) is 18.4. The normalized spacial score (nSPS) is 39.3. The maximum Gasteiger partial charge on any atom is 0.130 e. The summed E-state index contributed by atoms with van der Waals surface area (Å²) in [6, 6.07) is 0. The molecule has 2 heteroatoms. The molecule has 3 saturated carbocycles. The van der Waals surface area contributed by atoms with Crippen molar-refractivity contribution in [2.45, 2.75) is 131 Å². The van der Waals surface area contributed by atoms with Gasteiger partial charge in [0.1, 0.15) is 11.9 Å². The van der Waals surface area contributed by atoms with Crippen molar-refractivity contribution in [2.75, 3.05) is 0 Å². The third-order valence-corrected chi connectivity index (χ3v) is 11.3. The molecule has 0 saturated heterocycles. The summed E-state index contributed by atoms with van der Waals surface area (Å²) < 4.78 is 6.26. The van der Waals surface area contributed by atoms with Gasteiger partial charge in [0.05, 0.1) is 5.76 Å². The second-order valence-electron chi connectivity index (χ2n) is 14.0. The second-order valence-corrected chi connectivity index (χ2v) is 14.0. The van der Waals surface area contributed by atoms with Crippen LogP contribution in [0.3, 0.4) is 0 Å². The molecule has 8 atom stereocenters. The zero-order valence-electron chi connectivity index (χ0n) is 23.8. The van der Waals surface area contributed by atoms with Crippen LogP contribution in [0.15, 0.2) is 24.0 Å². The lowest BCUT2D eigenvalue weighted by molar-refractivity contribution is -0.117. The highest BCUT2D eigenvalue weighted by molar-refractivity contribution is 5.75. The number of rotatable bonds is 10. The minimum atomic E-state index is 0.218. The summed E-state index contributed by atoms with van der Waals surface area (Å²) in [6.07, 6.45) is 18.9. The average molecular weight is 483 g/mol. The monoisotopic (exact) mass is 482 g/mol. The summed E-state index contributed by atoms with van der Waals surface area (Å²) >= 11 is 0. The van der Waals surface area contributed by atoms with Gasteiger partial charge in [-0.25, -0.2) is 0 Å². The predicted octanol–water partition coefficient (Wildman–Crippen LogP) is 9.30. The van der Waals surface area contributed by atoms with Gasteiger partial charge in [-0.1, -0.05) is 72.1 Å². The highest BCUT2D eigenvalue weighted by atomic mass is 16.5. The predicted molar refractivity (Wildman–Crippen MR) is 147 cm³/mol. The molecule has 0 aromatic rings. The third kappa shape index (κ3) is 5.47. The minimum absolute atomic E-state index is 0.218.